The minimum absolute atomic E-state index is 0.166. The highest BCUT2D eigenvalue weighted by molar-refractivity contribution is 6.99. The molecular formula is C10H9N5O3S. The van der Waals surface area contributed by atoms with Crippen molar-refractivity contribution < 1.29 is 14.7 Å². The molecule has 0 aliphatic carbocycles. The van der Waals surface area contributed by atoms with E-state index in [4.69, 9.17) is 0 Å². The van der Waals surface area contributed by atoms with Gasteiger partial charge in [-0.2, -0.15) is 8.75 Å². The number of H-pyrrole nitrogens is 1. The molecule has 1 unspecified atom stereocenters. The summed E-state index contributed by atoms with van der Waals surface area (Å²) >= 11 is 0.914. The zero-order valence-corrected chi connectivity index (χ0v) is 10.4. The number of imidazole rings is 1. The second-order valence-electron chi connectivity index (χ2n) is 4.11. The molecule has 19 heavy (non-hydrogen) atoms. The molecule has 0 fully saturated rings. The highest BCUT2D eigenvalue weighted by atomic mass is 32.1. The Morgan fingerprint density at radius 3 is 3.05 bits per heavy atom. The van der Waals surface area contributed by atoms with Crippen molar-refractivity contribution in [2.75, 3.05) is 0 Å². The van der Waals surface area contributed by atoms with Crippen molar-refractivity contribution in [3.63, 3.8) is 0 Å². The number of aromatic amines is 1. The van der Waals surface area contributed by atoms with Gasteiger partial charge in [0.15, 0.2) is 5.69 Å². The van der Waals surface area contributed by atoms with Crippen LogP contribution in [0.1, 0.15) is 21.9 Å². The summed E-state index contributed by atoms with van der Waals surface area (Å²) in [7, 11) is 0. The third-order valence-electron chi connectivity index (χ3n) is 3.03. The van der Waals surface area contributed by atoms with Gasteiger partial charge in [0.25, 0.3) is 5.91 Å². The summed E-state index contributed by atoms with van der Waals surface area (Å²) in [6, 6.07) is -0.926. The summed E-state index contributed by atoms with van der Waals surface area (Å²) in [4.78, 5) is 31.8. The van der Waals surface area contributed by atoms with Crippen LogP contribution >= 0.6 is 11.7 Å². The van der Waals surface area contributed by atoms with E-state index in [0.29, 0.717) is 5.69 Å². The van der Waals surface area contributed by atoms with Crippen LogP contribution in [0.2, 0.25) is 0 Å². The lowest BCUT2D eigenvalue weighted by Crippen LogP contribution is -2.48. The first-order valence-corrected chi connectivity index (χ1v) is 6.22. The number of carbonyl (C=O) groups excluding carboxylic acids is 1. The maximum absolute atomic E-state index is 12.2. The number of carboxylic acid groups (broad SMARTS) is 1. The average molecular weight is 279 g/mol. The third kappa shape index (κ3) is 1.97. The molecule has 1 amide bonds. The molecule has 3 rings (SSSR count). The molecule has 0 radical (unpaired) electrons. The number of carboxylic acids is 1. The molecule has 9 heteroatoms. The van der Waals surface area contributed by atoms with Crippen molar-refractivity contribution in [3.05, 3.63) is 29.6 Å². The van der Waals surface area contributed by atoms with Crippen LogP contribution in [0.4, 0.5) is 0 Å². The van der Waals surface area contributed by atoms with Gasteiger partial charge < -0.3 is 15.0 Å². The number of amides is 1. The van der Waals surface area contributed by atoms with Crippen molar-refractivity contribution in [3.8, 4) is 0 Å². The number of nitrogens with zero attached hydrogens (tertiary/aromatic N) is 4. The molecule has 0 saturated carbocycles. The summed E-state index contributed by atoms with van der Waals surface area (Å²) in [5.74, 6) is -1.48. The van der Waals surface area contributed by atoms with Gasteiger partial charge in [-0.1, -0.05) is 0 Å². The summed E-state index contributed by atoms with van der Waals surface area (Å²) in [6.07, 6.45) is 3.04. The average Bonchev–Trinajstić information content (AvgIpc) is 3.06. The molecule has 2 aromatic rings. The second kappa shape index (κ2) is 4.43. The fraction of sp³-hybridized carbons (Fsp3) is 0.300. The standard InChI is InChI=1S/C10H9N5O3S/c16-9(6-2-13-19-14-6)15-3-7-5(11-4-12-7)1-8(15)10(17)18/h2,4,8H,1,3H2,(H,11,12)(H,17,18). The van der Waals surface area contributed by atoms with E-state index in [1.807, 2.05) is 0 Å². The van der Waals surface area contributed by atoms with Gasteiger partial charge in [0, 0.05) is 6.42 Å². The lowest BCUT2D eigenvalue weighted by molar-refractivity contribution is -0.142. The quantitative estimate of drug-likeness (QED) is 0.794. The van der Waals surface area contributed by atoms with E-state index >= 15 is 0 Å². The van der Waals surface area contributed by atoms with E-state index in [2.05, 4.69) is 18.7 Å². The SMILES string of the molecule is O=C(O)C1Cc2nc[nH]c2CN1C(=O)c1cnsn1. The number of hydrogen-bond acceptors (Lipinski definition) is 6. The Morgan fingerprint density at radius 1 is 1.53 bits per heavy atom. The van der Waals surface area contributed by atoms with Crippen LogP contribution in [0, 0.1) is 0 Å². The van der Waals surface area contributed by atoms with E-state index < -0.39 is 17.9 Å². The van der Waals surface area contributed by atoms with Gasteiger partial charge in [-0.05, 0) is 0 Å². The molecule has 8 nitrogen and oxygen atoms in total. The van der Waals surface area contributed by atoms with Crippen molar-refractivity contribution in [1.29, 1.82) is 0 Å². The van der Waals surface area contributed by atoms with Gasteiger partial charge >= 0.3 is 5.97 Å². The van der Waals surface area contributed by atoms with Gasteiger partial charge in [-0.3, -0.25) is 4.79 Å². The van der Waals surface area contributed by atoms with E-state index in [-0.39, 0.29) is 18.7 Å². The van der Waals surface area contributed by atoms with E-state index in [1.54, 1.807) is 0 Å². The number of aromatic nitrogens is 4. The monoisotopic (exact) mass is 279 g/mol. The summed E-state index contributed by atoms with van der Waals surface area (Å²) in [5.41, 5.74) is 1.61. The molecule has 3 heterocycles. The van der Waals surface area contributed by atoms with Crippen molar-refractivity contribution in [1.82, 2.24) is 23.6 Å². The lowest BCUT2D eigenvalue weighted by atomic mass is 10.0. The Labute approximate surface area is 111 Å². The Hall–Kier alpha value is -2.29. The van der Waals surface area contributed by atoms with Gasteiger partial charge in [-0.15, -0.1) is 0 Å². The van der Waals surface area contributed by atoms with Crippen LogP contribution in [-0.2, 0) is 17.8 Å². The fourth-order valence-electron chi connectivity index (χ4n) is 2.08. The van der Waals surface area contributed by atoms with Crippen LogP contribution < -0.4 is 0 Å². The number of fused-ring (bicyclic) bond motifs is 1. The third-order valence-corrected chi connectivity index (χ3v) is 3.50. The predicted molar refractivity (Wildman–Crippen MR) is 63.5 cm³/mol. The highest BCUT2D eigenvalue weighted by Crippen LogP contribution is 2.22. The molecule has 0 bridgehead atoms. The number of nitrogens with one attached hydrogen (secondary N) is 1. The van der Waals surface area contributed by atoms with Gasteiger partial charge in [0.1, 0.15) is 6.04 Å². The number of aliphatic carboxylic acids is 1. The maximum atomic E-state index is 12.2. The molecule has 0 spiro atoms. The molecule has 98 valence electrons. The summed E-state index contributed by atoms with van der Waals surface area (Å²) in [6.45, 7) is 0.183. The van der Waals surface area contributed by atoms with Crippen LogP contribution in [0.3, 0.4) is 0 Å². The number of carbonyl (C=O) groups is 2. The van der Waals surface area contributed by atoms with E-state index in [0.717, 1.165) is 17.4 Å². The maximum Gasteiger partial charge on any atom is 0.326 e. The van der Waals surface area contributed by atoms with Gasteiger partial charge in [0.05, 0.1) is 42.2 Å². The predicted octanol–water partition coefficient (Wildman–Crippen LogP) is -0.0871. The molecule has 1 aliphatic rings. The molecular weight excluding hydrogens is 270 g/mol. The summed E-state index contributed by atoms with van der Waals surface area (Å²) in [5, 5.41) is 9.25. The van der Waals surface area contributed by atoms with Crippen LogP contribution in [-0.4, -0.2) is 46.6 Å². The first-order valence-electron chi connectivity index (χ1n) is 5.49. The largest absolute Gasteiger partial charge is 0.480 e. The molecule has 0 aromatic carbocycles. The number of rotatable bonds is 2. The smallest absolute Gasteiger partial charge is 0.326 e. The molecule has 1 atom stereocenters. The molecule has 2 N–H and O–H groups in total. The van der Waals surface area contributed by atoms with Crippen molar-refractivity contribution in [2.45, 2.75) is 19.0 Å². The normalized spacial score (nSPS) is 18.1. The van der Waals surface area contributed by atoms with Crippen molar-refractivity contribution in [2.24, 2.45) is 0 Å². The zero-order valence-electron chi connectivity index (χ0n) is 9.61. The van der Waals surface area contributed by atoms with Crippen LogP contribution in [0.5, 0.6) is 0 Å². The van der Waals surface area contributed by atoms with Gasteiger partial charge in [-0.25, -0.2) is 9.78 Å². The van der Waals surface area contributed by atoms with Crippen molar-refractivity contribution >= 4 is 23.6 Å². The minimum Gasteiger partial charge on any atom is -0.480 e. The summed E-state index contributed by atoms with van der Waals surface area (Å²) < 4.78 is 7.61. The molecule has 0 saturated heterocycles. The van der Waals surface area contributed by atoms with E-state index in [1.165, 1.54) is 17.4 Å². The first-order chi connectivity index (χ1) is 9.16. The molecule has 1 aliphatic heterocycles. The number of hydrogen-bond donors (Lipinski definition) is 2. The van der Waals surface area contributed by atoms with E-state index in [9.17, 15) is 14.7 Å². The first kappa shape index (κ1) is 11.8. The zero-order chi connectivity index (χ0) is 13.4. The highest BCUT2D eigenvalue weighted by Gasteiger charge is 2.37. The Morgan fingerprint density at radius 2 is 2.37 bits per heavy atom. The van der Waals surface area contributed by atoms with Crippen LogP contribution in [0.25, 0.3) is 0 Å². The minimum atomic E-state index is -1.05. The Bertz CT molecular complexity index is 623. The Kier molecular flexibility index (Phi) is 2.75. The van der Waals surface area contributed by atoms with Gasteiger partial charge in [0.2, 0.25) is 0 Å². The lowest BCUT2D eigenvalue weighted by Gasteiger charge is -2.31. The fourth-order valence-corrected chi connectivity index (χ4v) is 2.48. The van der Waals surface area contributed by atoms with Crippen LogP contribution in [0.15, 0.2) is 12.5 Å². The Balaban J connectivity index is 1.95. The molecule has 2 aromatic heterocycles. The second-order valence-corrected chi connectivity index (χ2v) is 4.67. The topological polar surface area (TPSA) is 112 Å².